The minimum absolute atomic E-state index is 0.0123. The Bertz CT molecular complexity index is 2060. The van der Waals surface area contributed by atoms with Crippen LogP contribution in [0.15, 0.2) is 12.7 Å². The van der Waals surface area contributed by atoms with Crippen molar-refractivity contribution in [2.75, 3.05) is 18.9 Å². The number of phosphoric ester groups is 2. The summed E-state index contributed by atoms with van der Waals surface area (Å²) in [6.07, 6.45) is -14.2. The van der Waals surface area contributed by atoms with Crippen molar-refractivity contribution in [3.05, 3.63) is 12.7 Å². The van der Waals surface area contributed by atoms with Gasteiger partial charge >= 0.3 is 45.5 Å². The Kier molecular flexibility index (Phi) is 13.5. The molecule has 0 aliphatic carbocycles. The molecule has 29 heteroatoms. The fraction of sp³-hybridized carbons (Fsp3) is 0.667. The highest BCUT2D eigenvalue weighted by Crippen LogP contribution is 2.62. The number of ether oxygens (including phenoxy) is 9. The van der Waals surface area contributed by atoms with Crippen molar-refractivity contribution in [3.63, 3.8) is 0 Å². The van der Waals surface area contributed by atoms with E-state index in [1.165, 1.54) is 24.7 Å². The van der Waals surface area contributed by atoms with Gasteiger partial charge in [0.2, 0.25) is 6.29 Å². The second-order valence-corrected chi connectivity index (χ2v) is 16.4. The number of anilines is 1. The lowest BCUT2D eigenvalue weighted by molar-refractivity contribution is -0.301. The summed E-state index contributed by atoms with van der Waals surface area (Å²) in [6.45, 7) is 5.09. The summed E-state index contributed by atoms with van der Waals surface area (Å²) < 4.78 is 107. The number of nitrogens with two attached hydrogens (primary N) is 1. The van der Waals surface area contributed by atoms with E-state index in [9.17, 15) is 42.9 Å². The van der Waals surface area contributed by atoms with Crippen molar-refractivity contribution in [1.82, 2.24) is 19.5 Å². The summed E-state index contributed by atoms with van der Waals surface area (Å²) in [6, 6.07) is 0. The van der Waals surface area contributed by atoms with E-state index in [1.807, 2.05) is 0 Å². The van der Waals surface area contributed by atoms with E-state index >= 15 is 4.39 Å². The SMILES string of the molecule is CC(=O)OCC(OC(C)=O)[C@H]1O[C@@H](OP(=O)(O)OP(=O)(O)OC[C@@]2(F)O[C@@H](n3cnc4c(N)ncnc43)[C@@H]3OC(C)(C)O[C@@H]32)[C@@H](OC(C)=O)[C@@H](OC(C)=O)[C@@H]1OC(C)=O. The van der Waals surface area contributed by atoms with Gasteiger partial charge in [-0.15, -0.1) is 0 Å². The molecule has 0 bridgehead atoms. The van der Waals surface area contributed by atoms with Gasteiger partial charge in [0, 0.05) is 34.6 Å². The first kappa shape index (κ1) is 45.8. The van der Waals surface area contributed by atoms with Crippen LogP contribution in [-0.4, -0.2) is 133 Å². The Morgan fingerprint density at radius 2 is 1.51 bits per heavy atom. The van der Waals surface area contributed by atoms with Gasteiger partial charge in [-0.3, -0.25) is 37.6 Å². The molecule has 0 saturated carbocycles. The van der Waals surface area contributed by atoms with Crippen LogP contribution >= 0.6 is 15.6 Å². The molecule has 3 unspecified atom stereocenters. The number of carbonyl (C=O) groups excluding carboxylic acids is 5. The van der Waals surface area contributed by atoms with Crippen molar-refractivity contribution in [2.45, 2.75) is 115 Å². The first-order valence-corrected chi connectivity index (χ1v) is 20.1. The molecule has 26 nitrogen and oxygen atoms in total. The number of phosphoric acid groups is 2. The van der Waals surface area contributed by atoms with Crippen molar-refractivity contribution in [3.8, 4) is 0 Å². The third-order valence-electron chi connectivity index (χ3n) is 8.25. The van der Waals surface area contributed by atoms with Crippen LogP contribution < -0.4 is 5.73 Å². The number of nitrogen functional groups attached to an aromatic ring is 1. The van der Waals surface area contributed by atoms with Crippen LogP contribution in [0.5, 0.6) is 0 Å². The van der Waals surface area contributed by atoms with Gasteiger partial charge in [0.05, 0.1) is 6.33 Å². The van der Waals surface area contributed by atoms with Crippen LogP contribution in [0.25, 0.3) is 11.2 Å². The fourth-order valence-corrected chi connectivity index (χ4v) is 8.48. The minimum atomic E-state index is -6.05. The molecule has 12 atom stereocenters. The van der Waals surface area contributed by atoms with Gasteiger partial charge < -0.3 is 58.2 Å². The maximum atomic E-state index is 16.7. The predicted octanol–water partition coefficient (Wildman–Crippen LogP) is 0.389. The highest BCUT2D eigenvalue weighted by atomic mass is 31.3. The molecule has 328 valence electrons. The molecule has 3 fully saturated rings. The molecule has 0 radical (unpaired) electrons. The summed E-state index contributed by atoms with van der Waals surface area (Å²) >= 11 is 0. The zero-order chi connectivity index (χ0) is 43.8. The first-order chi connectivity index (χ1) is 27.3. The number of esters is 5. The van der Waals surface area contributed by atoms with E-state index in [4.69, 9.17) is 57.4 Å². The lowest BCUT2D eigenvalue weighted by Gasteiger charge is -2.45. The van der Waals surface area contributed by atoms with Gasteiger partial charge in [0.15, 0.2) is 54.0 Å². The number of nitrogens with zero attached hydrogens (tertiary/aromatic N) is 4. The number of aromatic nitrogens is 4. The van der Waals surface area contributed by atoms with Gasteiger partial charge in [0.1, 0.15) is 37.3 Å². The maximum absolute atomic E-state index is 16.7. The van der Waals surface area contributed by atoms with E-state index in [0.717, 1.165) is 40.9 Å². The molecule has 3 saturated heterocycles. The molecule has 4 N–H and O–H groups in total. The number of fused-ring (bicyclic) bond motifs is 2. The number of halogens is 1. The number of carbonyl (C=O) groups is 5. The molecule has 3 aliphatic heterocycles. The van der Waals surface area contributed by atoms with Crippen LogP contribution in [0.2, 0.25) is 0 Å². The van der Waals surface area contributed by atoms with Crippen LogP contribution in [0.4, 0.5) is 10.2 Å². The van der Waals surface area contributed by atoms with Crippen molar-refractivity contribution < 1.29 is 103 Å². The van der Waals surface area contributed by atoms with Crippen LogP contribution in [0.3, 0.4) is 0 Å². The van der Waals surface area contributed by atoms with Crippen LogP contribution in [0, 0.1) is 0 Å². The summed E-state index contributed by atoms with van der Waals surface area (Å²) in [5, 5.41) is 0. The summed E-state index contributed by atoms with van der Waals surface area (Å²) in [7, 11) is -12.0. The Morgan fingerprint density at radius 3 is 2.12 bits per heavy atom. The van der Waals surface area contributed by atoms with Gasteiger partial charge in [-0.05, 0) is 13.8 Å². The second kappa shape index (κ2) is 17.4. The number of hydrogen-bond acceptors (Lipinski definition) is 23. The molecule has 0 amide bonds. The number of imidazole rings is 1. The molecule has 59 heavy (non-hydrogen) atoms. The average molecular weight is 888 g/mol. The van der Waals surface area contributed by atoms with Crippen LogP contribution in [0.1, 0.15) is 54.7 Å². The smallest absolute Gasteiger partial charge is 0.462 e. The molecule has 5 rings (SSSR count). The summed E-state index contributed by atoms with van der Waals surface area (Å²) in [5.74, 6) is -9.83. The molecule has 2 aromatic rings. The average Bonchev–Trinajstić information content (AvgIpc) is 3.74. The summed E-state index contributed by atoms with van der Waals surface area (Å²) in [4.78, 5) is 93.9. The zero-order valence-corrected chi connectivity index (χ0v) is 33.8. The Labute approximate surface area is 332 Å². The number of alkyl halides is 1. The highest BCUT2D eigenvalue weighted by Gasteiger charge is 2.66. The molecule has 0 spiro atoms. The third kappa shape index (κ3) is 10.9. The molecule has 3 aliphatic rings. The third-order valence-corrected chi connectivity index (χ3v) is 10.8. The Balaban J connectivity index is 1.40. The maximum Gasteiger partial charge on any atom is 0.483 e. The second-order valence-electron chi connectivity index (χ2n) is 13.4. The number of hydrogen-bond donors (Lipinski definition) is 3. The molecule has 2 aromatic heterocycles. The van der Waals surface area contributed by atoms with E-state index in [0.29, 0.717) is 0 Å². The fourth-order valence-electron chi connectivity index (χ4n) is 6.32. The van der Waals surface area contributed by atoms with Gasteiger partial charge in [-0.25, -0.2) is 28.5 Å². The van der Waals surface area contributed by atoms with Gasteiger partial charge in [-0.1, -0.05) is 0 Å². The topological polar surface area (TPSA) is 340 Å². The lowest BCUT2D eigenvalue weighted by atomic mass is 9.94. The Morgan fingerprint density at radius 1 is 0.881 bits per heavy atom. The number of rotatable bonds is 15. The zero-order valence-electron chi connectivity index (χ0n) is 32.1. The van der Waals surface area contributed by atoms with E-state index < -0.39 is 126 Å². The van der Waals surface area contributed by atoms with E-state index in [2.05, 4.69) is 19.3 Å². The van der Waals surface area contributed by atoms with Crippen LogP contribution in [-0.2, 0) is 89.1 Å². The highest BCUT2D eigenvalue weighted by molar-refractivity contribution is 7.61. The normalized spacial score (nSPS) is 31.2. The largest absolute Gasteiger partial charge is 0.483 e. The van der Waals surface area contributed by atoms with Crippen molar-refractivity contribution >= 4 is 62.5 Å². The molecular weight excluding hydrogens is 847 g/mol. The Hall–Kier alpha value is -4.27. The predicted molar refractivity (Wildman–Crippen MR) is 183 cm³/mol. The van der Waals surface area contributed by atoms with Crippen molar-refractivity contribution in [1.29, 1.82) is 0 Å². The minimum Gasteiger partial charge on any atom is -0.462 e. The molecular formula is C30H40FN5O21P2. The molecule has 0 aromatic carbocycles. The first-order valence-electron chi connectivity index (χ1n) is 17.1. The lowest BCUT2D eigenvalue weighted by Crippen LogP contribution is -2.65. The monoisotopic (exact) mass is 887 g/mol. The summed E-state index contributed by atoms with van der Waals surface area (Å²) in [5.41, 5.74) is 6.09. The van der Waals surface area contributed by atoms with E-state index in [-0.39, 0.29) is 17.0 Å². The quantitative estimate of drug-likeness (QED) is 0.124. The van der Waals surface area contributed by atoms with Gasteiger partial charge in [0.25, 0.3) is 5.85 Å². The molecule has 5 heterocycles. The van der Waals surface area contributed by atoms with E-state index in [1.54, 1.807) is 0 Å². The van der Waals surface area contributed by atoms with Gasteiger partial charge in [-0.2, -0.15) is 4.31 Å². The standard InChI is InChI=1S/C30H40FN5O21P2/c1-12(37)46-8-17(48-13(2)38)19-20(49-14(3)39)21(50-15(4)40)22(51-16(5)41)28(52-19)56-59(44,45)57-58(42,43)47-9-30(31)24-23(53-29(6,7)54-24)27(55-30)36-11-35-18-25(32)33-10-34-26(18)36/h10-11,17,19-24,27-28H,8-9H2,1-7H3,(H,42,43)(H,44,45)(H2,32,33,34)/t17?,19-,20-,21+,22+,23-,24+,27-,28+,30-/m1/s1. The van der Waals surface area contributed by atoms with Crippen molar-refractivity contribution in [2.24, 2.45) is 0 Å².